The van der Waals surface area contributed by atoms with E-state index in [1.54, 1.807) is 0 Å². The fourth-order valence-corrected chi connectivity index (χ4v) is 4.54. The Morgan fingerprint density at radius 2 is 1.68 bits per heavy atom. The Labute approximate surface area is 179 Å². The molecule has 3 rings (SSSR count). The van der Waals surface area contributed by atoms with Gasteiger partial charge in [0.1, 0.15) is 5.82 Å². The first-order valence-electron chi connectivity index (χ1n) is 10.6. The van der Waals surface area contributed by atoms with Gasteiger partial charge in [0.25, 0.3) is 0 Å². The van der Waals surface area contributed by atoms with Gasteiger partial charge < -0.3 is 5.11 Å². The Kier molecular flexibility index (Phi) is 7.52. The fraction of sp³-hybridized carbons (Fsp3) is 0.400. The van der Waals surface area contributed by atoms with Crippen molar-refractivity contribution in [3.8, 4) is 11.1 Å². The van der Waals surface area contributed by atoms with Crippen molar-refractivity contribution in [1.29, 1.82) is 0 Å². The predicted octanol–water partition coefficient (Wildman–Crippen LogP) is 7.63. The minimum atomic E-state index is -1.64. The molecule has 0 atom stereocenters. The summed E-state index contributed by atoms with van der Waals surface area (Å²) in [5, 5.41) is 9.29. The van der Waals surface area contributed by atoms with Crippen LogP contribution in [0.3, 0.4) is 0 Å². The molecule has 2 aromatic rings. The number of carboxylic acids is 1. The summed E-state index contributed by atoms with van der Waals surface area (Å²) in [4.78, 5) is 11.4. The molecule has 2 aromatic carbocycles. The molecule has 0 radical (unpaired) electrons. The van der Waals surface area contributed by atoms with Gasteiger partial charge in [0.15, 0.2) is 17.5 Å². The highest BCUT2D eigenvalue weighted by atomic mass is 19.2. The zero-order valence-electron chi connectivity index (χ0n) is 17.4. The number of benzene rings is 2. The molecule has 2 nitrogen and oxygen atoms in total. The van der Waals surface area contributed by atoms with Gasteiger partial charge >= 0.3 is 5.97 Å². The smallest absolute Gasteiger partial charge is 0.338 e. The van der Waals surface area contributed by atoms with Crippen molar-refractivity contribution in [2.45, 2.75) is 57.8 Å². The second-order valence-corrected chi connectivity index (χ2v) is 8.17. The molecule has 0 spiro atoms. The van der Waals surface area contributed by atoms with Gasteiger partial charge in [-0.25, -0.2) is 22.4 Å². The molecule has 0 bridgehead atoms. The predicted molar refractivity (Wildman–Crippen MR) is 112 cm³/mol. The van der Waals surface area contributed by atoms with Crippen LogP contribution in [-0.2, 0) is 0 Å². The molecule has 0 aliphatic heterocycles. The first kappa shape index (κ1) is 23.0. The molecule has 1 fully saturated rings. The summed E-state index contributed by atoms with van der Waals surface area (Å²) in [6.07, 6.45) is 10.9. The van der Waals surface area contributed by atoms with E-state index in [1.807, 2.05) is 13.0 Å². The summed E-state index contributed by atoms with van der Waals surface area (Å²) in [5.74, 6) is -6.53. The molecular formula is C25H26F4O2. The van der Waals surface area contributed by atoms with Crippen molar-refractivity contribution in [3.63, 3.8) is 0 Å². The van der Waals surface area contributed by atoms with Crippen LogP contribution in [0.15, 0.2) is 36.4 Å². The summed E-state index contributed by atoms with van der Waals surface area (Å²) in [6.45, 7) is 2.00. The SMILES string of the molecule is C/C=C/CCCC1CCC(c2ccc(C(=O)O)c(F)c2-c2cc(F)c(F)c(F)c2)CC1. The third-order valence-corrected chi connectivity index (χ3v) is 6.18. The van der Waals surface area contributed by atoms with Crippen LogP contribution in [0, 0.1) is 29.2 Å². The van der Waals surface area contributed by atoms with Crippen LogP contribution < -0.4 is 0 Å². The lowest BCUT2D eigenvalue weighted by Gasteiger charge is -2.30. The quantitative estimate of drug-likeness (QED) is 0.211. The van der Waals surface area contributed by atoms with E-state index in [0.717, 1.165) is 57.1 Å². The van der Waals surface area contributed by atoms with Gasteiger partial charge in [-0.1, -0.05) is 24.6 Å². The standard InChI is InChI=1S/C25H26F4O2/c1-2-3-4-5-6-15-7-9-16(10-8-15)18-11-12-19(25(30)31)23(28)22(18)17-13-20(26)24(29)21(27)14-17/h2-3,11-16H,4-10H2,1H3,(H,30,31)/b3-2+. The number of unbranched alkanes of at least 4 members (excludes halogenated alkanes) is 1. The maximum atomic E-state index is 15.2. The average Bonchev–Trinajstić information content (AvgIpc) is 2.74. The summed E-state index contributed by atoms with van der Waals surface area (Å²) < 4.78 is 56.3. The zero-order valence-corrected chi connectivity index (χ0v) is 17.4. The van der Waals surface area contributed by atoms with Crippen LogP contribution in [0.5, 0.6) is 0 Å². The van der Waals surface area contributed by atoms with Crippen LogP contribution in [-0.4, -0.2) is 11.1 Å². The van der Waals surface area contributed by atoms with E-state index in [1.165, 1.54) is 12.1 Å². The Hall–Kier alpha value is -2.63. The van der Waals surface area contributed by atoms with E-state index in [-0.39, 0.29) is 17.0 Å². The van der Waals surface area contributed by atoms with E-state index in [2.05, 4.69) is 6.08 Å². The second kappa shape index (κ2) is 10.1. The van der Waals surface area contributed by atoms with Gasteiger partial charge in [0.05, 0.1) is 5.56 Å². The van der Waals surface area contributed by atoms with Crippen LogP contribution in [0.4, 0.5) is 17.6 Å². The lowest BCUT2D eigenvalue weighted by molar-refractivity contribution is 0.0692. The fourth-order valence-electron chi connectivity index (χ4n) is 4.54. The topological polar surface area (TPSA) is 37.3 Å². The molecule has 1 aliphatic carbocycles. The molecule has 0 aromatic heterocycles. The van der Waals surface area contributed by atoms with Crippen LogP contribution >= 0.6 is 0 Å². The van der Waals surface area contributed by atoms with Crippen LogP contribution in [0.25, 0.3) is 11.1 Å². The Bertz CT molecular complexity index is 953. The summed E-state index contributed by atoms with van der Waals surface area (Å²) in [7, 11) is 0. The van der Waals surface area contributed by atoms with Gasteiger partial charge in [-0.05, 0) is 86.6 Å². The number of carboxylic acid groups (broad SMARTS) is 1. The van der Waals surface area contributed by atoms with Crippen molar-refractivity contribution in [2.24, 2.45) is 5.92 Å². The van der Waals surface area contributed by atoms with Crippen LogP contribution in [0.2, 0.25) is 0 Å². The van der Waals surface area contributed by atoms with E-state index in [0.29, 0.717) is 11.5 Å². The Morgan fingerprint density at radius 1 is 1.03 bits per heavy atom. The number of aromatic carboxylic acids is 1. The Balaban J connectivity index is 1.91. The van der Waals surface area contributed by atoms with Gasteiger partial charge in [-0.3, -0.25) is 0 Å². The highest BCUT2D eigenvalue weighted by Crippen LogP contribution is 2.43. The third kappa shape index (κ3) is 5.17. The van der Waals surface area contributed by atoms with Gasteiger partial charge in [-0.2, -0.15) is 0 Å². The molecule has 166 valence electrons. The van der Waals surface area contributed by atoms with Crippen molar-refractivity contribution < 1.29 is 27.5 Å². The van der Waals surface area contributed by atoms with E-state index < -0.39 is 34.8 Å². The number of rotatable bonds is 7. The molecule has 1 N–H and O–H groups in total. The lowest BCUT2D eigenvalue weighted by atomic mass is 9.75. The molecule has 6 heteroatoms. The maximum absolute atomic E-state index is 15.2. The number of allylic oxidation sites excluding steroid dienone is 2. The normalized spacial score (nSPS) is 19.1. The molecule has 0 saturated heterocycles. The molecule has 0 unspecified atom stereocenters. The van der Waals surface area contributed by atoms with Crippen molar-refractivity contribution in [1.82, 2.24) is 0 Å². The third-order valence-electron chi connectivity index (χ3n) is 6.18. The number of hydrogen-bond acceptors (Lipinski definition) is 1. The maximum Gasteiger partial charge on any atom is 0.338 e. The lowest BCUT2D eigenvalue weighted by Crippen LogP contribution is -2.15. The summed E-state index contributed by atoms with van der Waals surface area (Å²) in [6, 6.07) is 4.16. The molecule has 1 saturated carbocycles. The Morgan fingerprint density at radius 3 is 2.26 bits per heavy atom. The largest absolute Gasteiger partial charge is 0.478 e. The summed E-state index contributed by atoms with van der Waals surface area (Å²) in [5.41, 5.74) is -0.420. The number of carbonyl (C=O) groups is 1. The minimum Gasteiger partial charge on any atom is -0.478 e. The monoisotopic (exact) mass is 434 g/mol. The average molecular weight is 434 g/mol. The highest BCUT2D eigenvalue weighted by molar-refractivity contribution is 5.90. The van der Waals surface area contributed by atoms with E-state index in [4.69, 9.17) is 0 Å². The minimum absolute atomic E-state index is 0.0599. The van der Waals surface area contributed by atoms with Crippen LogP contribution in [0.1, 0.15) is 73.7 Å². The van der Waals surface area contributed by atoms with Crippen molar-refractivity contribution in [2.75, 3.05) is 0 Å². The molecule has 1 aliphatic rings. The highest BCUT2D eigenvalue weighted by Gasteiger charge is 2.28. The first-order chi connectivity index (χ1) is 14.8. The van der Waals surface area contributed by atoms with Gasteiger partial charge in [0.2, 0.25) is 0 Å². The van der Waals surface area contributed by atoms with Crippen molar-refractivity contribution >= 4 is 5.97 Å². The van der Waals surface area contributed by atoms with Gasteiger partial charge in [-0.15, -0.1) is 0 Å². The number of hydrogen-bond donors (Lipinski definition) is 1. The van der Waals surface area contributed by atoms with Crippen molar-refractivity contribution in [3.05, 3.63) is 70.8 Å². The van der Waals surface area contributed by atoms with E-state index >= 15 is 4.39 Å². The second-order valence-electron chi connectivity index (χ2n) is 8.17. The molecular weight excluding hydrogens is 408 g/mol. The summed E-state index contributed by atoms with van der Waals surface area (Å²) >= 11 is 0. The number of halogens is 4. The first-order valence-corrected chi connectivity index (χ1v) is 10.6. The molecule has 0 amide bonds. The van der Waals surface area contributed by atoms with Gasteiger partial charge in [0, 0.05) is 5.56 Å². The van der Waals surface area contributed by atoms with E-state index in [9.17, 15) is 23.1 Å². The molecule has 31 heavy (non-hydrogen) atoms. The molecule has 0 heterocycles. The zero-order chi connectivity index (χ0) is 22.5.